The molecule has 25 heavy (non-hydrogen) atoms. The first-order chi connectivity index (χ1) is 11.9. The molecular formula is C16H21N3O4S2. The second kappa shape index (κ2) is 7.28. The Morgan fingerprint density at radius 3 is 2.72 bits per heavy atom. The van der Waals surface area contributed by atoms with Gasteiger partial charge in [0.1, 0.15) is 10.6 Å². The molecular weight excluding hydrogens is 362 g/mol. The fourth-order valence-corrected chi connectivity index (χ4v) is 5.39. The average Bonchev–Trinajstić information content (AvgIpc) is 3.21. The van der Waals surface area contributed by atoms with Crippen molar-refractivity contribution in [3.63, 3.8) is 0 Å². The van der Waals surface area contributed by atoms with E-state index in [0.717, 1.165) is 4.88 Å². The summed E-state index contributed by atoms with van der Waals surface area (Å²) in [7, 11) is -3.65. The van der Waals surface area contributed by atoms with Crippen molar-refractivity contribution in [2.45, 2.75) is 25.3 Å². The third-order valence-electron chi connectivity index (χ3n) is 4.17. The summed E-state index contributed by atoms with van der Waals surface area (Å²) in [6.07, 6.45) is 0. The number of carbonyl (C=O) groups is 1. The molecule has 136 valence electrons. The van der Waals surface area contributed by atoms with Crippen LogP contribution in [0, 0.1) is 13.8 Å². The molecule has 0 radical (unpaired) electrons. The van der Waals surface area contributed by atoms with E-state index in [1.165, 1.54) is 4.31 Å². The van der Waals surface area contributed by atoms with Crippen LogP contribution in [0.4, 0.5) is 0 Å². The van der Waals surface area contributed by atoms with Crippen molar-refractivity contribution in [3.05, 3.63) is 39.3 Å². The summed E-state index contributed by atoms with van der Waals surface area (Å²) in [6, 6.07) is 3.86. The van der Waals surface area contributed by atoms with Crippen LogP contribution < -0.4 is 5.32 Å². The van der Waals surface area contributed by atoms with E-state index >= 15 is 0 Å². The van der Waals surface area contributed by atoms with Gasteiger partial charge in [0.05, 0.1) is 19.8 Å². The molecule has 1 fully saturated rings. The summed E-state index contributed by atoms with van der Waals surface area (Å²) in [5.41, 5.74) is 1.22. The van der Waals surface area contributed by atoms with Gasteiger partial charge in [-0.05, 0) is 30.9 Å². The number of hydrogen-bond acceptors (Lipinski definition) is 5. The van der Waals surface area contributed by atoms with Crippen molar-refractivity contribution in [2.24, 2.45) is 0 Å². The first-order valence-corrected chi connectivity index (χ1v) is 10.3. The van der Waals surface area contributed by atoms with Crippen molar-refractivity contribution in [1.82, 2.24) is 14.6 Å². The van der Waals surface area contributed by atoms with Crippen LogP contribution in [0.1, 0.15) is 26.6 Å². The number of nitrogens with one attached hydrogen (secondary N) is 2. The Morgan fingerprint density at radius 1 is 1.36 bits per heavy atom. The van der Waals surface area contributed by atoms with Crippen molar-refractivity contribution in [3.8, 4) is 0 Å². The minimum absolute atomic E-state index is 0.190. The predicted octanol–water partition coefficient (Wildman–Crippen LogP) is 1.64. The molecule has 0 aliphatic carbocycles. The van der Waals surface area contributed by atoms with Gasteiger partial charge in [-0.2, -0.15) is 4.31 Å². The van der Waals surface area contributed by atoms with Crippen LogP contribution in [-0.4, -0.2) is 49.9 Å². The minimum atomic E-state index is -3.65. The number of aryl methyl sites for hydroxylation is 1. The molecule has 3 heterocycles. The summed E-state index contributed by atoms with van der Waals surface area (Å²) in [5.74, 6) is -0.308. The lowest BCUT2D eigenvalue weighted by Gasteiger charge is -2.26. The zero-order chi connectivity index (χ0) is 18.0. The van der Waals surface area contributed by atoms with E-state index in [4.69, 9.17) is 4.74 Å². The summed E-state index contributed by atoms with van der Waals surface area (Å²) in [4.78, 5) is 16.6. The number of rotatable bonds is 5. The van der Waals surface area contributed by atoms with E-state index in [0.29, 0.717) is 49.8 Å². The van der Waals surface area contributed by atoms with Crippen LogP contribution >= 0.6 is 11.3 Å². The molecule has 2 aromatic heterocycles. The molecule has 3 rings (SSSR count). The Kier molecular flexibility index (Phi) is 5.28. The van der Waals surface area contributed by atoms with Crippen LogP contribution in [-0.2, 0) is 21.3 Å². The average molecular weight is 383 g/mol. The highest BCUT2D eigenvalue weighted by Gasteiger charge is 2.32. The maximum Gasteiger partial charge on any atom is 0.268 e. The van der Waals surface area contributed by atoms with Gasteiger partial charge < -0.3 is 15.0 Å². The molecule has 2 aromatic rings. The van der Waals surface area contributed by atoms with E-state index in [9.17, 15) is 13.2 Å². The molecule has 2 N–H and O–H groups in total. The van der Waals surface area contributed by atoms with Crippen LogP contribution in [0.2, 0.25) is 0 Å². The fraction of sp³-hybridized carbons (Fsp3) is 0.438. The number of amides is 1. The Morgan fingerprint density at radius 2 is 2.08 bits per heavy atom. The summed E-state index contributed by atoms with van der Waals surface area (Å²) >= 11 is 1.56. The van der Waals surface area contributed by atoms with Gasteiger partial charge in [-0.1, -0.05) is 6.07 Å². The lowest BCUT2D eigenvalue weighted by molar-refractivity contribution is 0.0730. The van der Waals surface area contributed by atoms with Crippen LogP contribution in [0.25, 0.3) is 0 Å². The Balaban J connectivity index is 1.83. The van der Waals surface area contributed by atoms with Crippen molar-refractivity contribution >= 4 is 27.3 Å². The molecule has 0 bridgehead atoms. The maximum absolute atomic E-state index is 12.9. The van der Waals surface area contributed by atoms with Gasteiger partial charge >= 0.3 is 0 Å². The van der Waals surface area contributed by atoms with Crippen molar-refractivity contribution < 1.29 is 17.9 Å². The normalized spacial score (nSPS) is 16.1. The molecule has 1 aliphatic heterocycles. The highest BCUT2D eigenvalue weighted by Crippen LogP contribution is 2.27. The minimum Gasteiger partial charge on any atom is -0.379 e. The number of thiophene rings is 1. The standard InChI is InChI=1S/C16H21N3O4S2/c1-11-14(16(20)17-10-13-4-3-9-24-13)18-12(2)15(11)25(21,22)19-5-7-23-8-6-19/h3-4,9,18H,5-8,10H2,1-2H3,(H,17,20). The molecule has 0 unspecified atom stereocenters. The van der Waals surface area contributed by atoms with Gasteiger partial charge in [0.2, 0.25) is 10.0 Å². The third kappa shape index (κ3) is 3.64. The topological polar surface area (TPSA) is 91.5 Å². The molecule has 1 amide bonds. The van der Waals surface area contributed by atoms with E-state index in [1.54, 1.807) is 25.2 Å². The number of H-pyrrole nitrogens is 1. The van der Waals surface area contributed by atoms with Gasteiger partial charge in [-0.3, -0.25) is 4.79 Å². The first kappa shape index (κ1) is 18.1. The number of aromatic nitrogens is 1. The molecule has 9 heteroatoms. The second-order valence-electron chi connectivity index (χ2n) is 5.86. The van der Waals surface area contributed by atoms with E-state index in [1.807, 2.05) is 17.5 Å². The number of nitrogens with zero attached hydrogens (tertiary/aromatic N) is 1. The SMILES string of the molecule is Cc1[nH]c(C(=O)NCc2cccs2)c(C)c1S(=O)(=O)N1CCOCC1. The molecule has 1 aliphatic rings. The number of morpholine rings is 1. The first-order valence-electron chi connectivity index (χ1n) is 7.99. The van der Waals surface area contributed by atoms with E-state index in [-0.39, 0.29) is 10.8 Å². The highest BCUT2D eigenvalue weighted by molar-refractivity contribution is 7.89. The second-order valence-corrected chi connectivity index (χ2v) is 8.76. The summed E-state index contributed by atoms with van der Waals surface area (Å²) in [6.45, 7) is 5.18. The van der Waals surface area contributed by atoms with Gasteiger partial charge in [0, 0.05) is 23.7 Å². The van der Waals surface area contributed by atoms with Gasteiger partial charge in [-0.25, -0.2) is 8.42 Å². The number of ether oxygens (including phenoxy) is 1. The third-order valence-corrected chi connectivity index (χ3v) is 7.22. The number of hydrogen-bond donors (Lipinski definition) is 2. The van der Waals surface area contributed by atoms with Crippen molar-refractivity contribution in [2.75, 3.05) is 26.3 Å². The Bertz CT molecular complexity index is 850. The maximum atomic E-state index is 12.9. The van der Waals surface area contributed by atoms with E-state index in [2.05, 4.69) is 10.3 Å². The Hall–Kier alpha value is -1.68. The Labute approximate surface area is 151 Å². The zero-order valence-corrected chi connectivity index (χ0v) is 15.8. The molecule has 0 spiro atoms. The largest absolute Gasteiger partial charge is 0.379 e. The lowest BCUT2D eigenvalue weighted by atomic mass is 10.2. The molecule has 0 atom stereocenters. The quantitative estimate of drug-likeness (QED) is 0.821. The zero-order valence-electron chi connectivity index (χ0n) is 14.2. The van der Waals surface area contributed by atoms with Crippen LogP contribution in [0.5, 0.6) is 0 Å². The van der Waals surface area contributed by atoms with Crippen LogP contribution in [0.3, 0.4) is 0 Å². The summed E-state index contributed by atoms with van der Waals surface area (Å²) < 4.78 is 32.5. The lowest BCUT2D eigenvalue weighted by Crippen LogP contribution is -2.41. The fourth-order valence-electron chi connectivity index (χ4n) is 2.93. The smallest absolute Gasteiger partial charge is 0.268 e. The molecule has 0 saturated carbocycles. The molecule has 1 saturated heterocycles. The van der Waals surface area contributed by atoms with Gasteiger partial charge in [0.25, 0.3) is 5.91 Å². The number of carbonyl (C=O) groups excluding carboxylic acids is 1. The molecule has 7 nitrogen and oxygen atoms in total. The predicted molar refractivity (Wildman–Crippen MR) is 95.3 cm³/mol. The molecule has 0 aromatic carbocycles. The van der Waals surface area contributed by atoms with Gasteiger partial charge in [0.15, 0.2) is 0 Å². The van der Waals surface area contributed by atoms with Crippen molar-refractivity contribution in [1.29, 1.82) is 0 Å². The summed E-state index contributed by atoms with van der Waals surface area (Å²) in [5, 5.41) is 4.77. The number of sulfonamides is 1. The number of aromatic amines is 1. The van der Waals surface area contributed by atoms with E-state index < -0.39 is 10.0 Å². The van der Waals surface area contributed by atoms with Crippen LogP contribution in [0.15, 0.2) is 22.4 Å². The van der Waals surface area contributed by atoms with Gasteiger partial charge in [-0.15, -0.1) is 11.3 Å². The monoisotopic (exact) mass is 383 g/mol. The highest BCUT2D eigenvalue weighted by atomic mass is 32.2.